The van der Waals surface area contributed by atoms with E-state index in [0.717, 1.165) is 5.56 Å². The van der Waals surface area contributed by atoms with Gasteiger partial charge in [-0.2, -0.15) is 0 Å². The molecule has 0 radical (unpaired) electrons. The van der Waals surface area contributed by atoms with E-state index in [9.17, 15) is 14.0 Å². The van der Waals surface area contributed by atoms with Crippen LogP contribution >= 0.6 is 0 Å². The summed E-state index contributed by atoms with van der Waals surface area (Å²) in [6.45, 7) is 4.02. The van der Waals surface area contributed by atoms with Crippen LogP contribution in [0.3, 0.4) is 0 Å². The third-order valence-electron chi connectivity index (χ3n) is 3.46. The lowest BCUT2D eigenvalue weighted by molar-refractivity contribution is -0.114. The highest BCUT2D eigenvalue weighted by Gasteiger charge is 2.07. The Morgan fingerprint density at radius 3 is 2.44 bits per heavy atom. The quantitative estimate of drug-likeness (QED) is 0.811. The normalized spacial score (nSPS) is 10.2. The fourth-order valence-corrected chi connectivity index (χ4v) is 2.30. The van der Waals surface area contributed by atoms with Gasteiger partial charge in [0.1, 0.15) is 0 Å². The summed E-state index contributed by atoms with van der Waals surface area (Å²) in [6, 6.07) is 11.4. The molecule has 25 heavy (non-hydrogen) atoms. The van der Waals surface area contributed by atoms with E-state index in [4.69, 9.17) is 4.74 Å². The molecule has 0 bridgehead atoms. The Kier molecular flexibility index (Phi) is 6.51. The molecule has 0 atom stereocenters. The number of halogens is 1. The summed E-state index contributed by atoms with van der Waals surface area (Å²) in [5, 5.41) is 5.42. The lowest BCUT2D eigenvalue weighted by Gasteiger charge is -2.08. The van der Waals surface area contributed by atoms with Crippen LogP contribution in [0.1, 0.15) is 29.8 Å². The average molecular weight is 344 g/mol. The molecule has 0 aromatic heterocycles. The lowest BCUT2D eigenvalue weighted by Crippen LogP contribution is -2.25. The highest BCUT2D eigenvalue weighted by molar-refractivity contribution is 5.95. The Labute approximate surface area is 146 Å². The first kappa shape index (κ1) is 18.4. The maximum atomic E-state index is 13.8. The van der Waals surface area contributed by atoms with Gasteiger partial charge in [-0.3, -0.25) is 9.59 Å². The van der Waals surface area contributed by atoms with Gasteiger partial charge in [-0.1, -0.05) is 6.07 Å². The van der Waals surface area contributed by atoms with Crippen molar-refractivity contribution >= 4 is 17.5 Å². The predicted molar refractivity (Wildman–Crippen MR) is 94.4 cm³/mol. The van der Waals surface area contributed by atoms with Crippen LogP contribution in [-0.2, 0) is 11.2 Å². The Balaban J connectivity index is 1.85. The number of anilines is 1. The largest absolute Gasteiger partial charge is 0.491 e. The molecule has 0 aliphatic rings. The maximum Gasteiger partial charge on any atom is 0.251 e. The van der Waals surface area contributed by atoms with Crippen molar-refractivity contribution in [3.63, 3.8) is 0 Å². The van der Waals surface area contributed by atoms with Crippen LogP contribution in [0.2, 0.25) is 0 Å². The maximum absolute atomic E-state index is 13.8. The Hall–Kier alpha value is -2.89. The van der Waals surface area contributed by atoms with Crippen molar-refractivity contribution in [1.82, 2.24) is 5.32 Å². The Bertz CT molecular complexity index is 745. The zero-order chi connectivity index (χ0) is 18.2. The van der Waals surface area contributed by atoms with Gasteiger partial charge in [0.05, 0.1) is 6.61 Å². The van der Waals surface area contributed by atoms with E-state index in [-0.39, 0.29) is 17.6 Å². The van der Waals surface area contributed by atoms with Crippen LogP contribution in [0.5, 0.6) is 5.75 Å². The average Bonchev–Trinajstić information content (AvgIpc) is 2.57. The first-order valence-electron chi connectivity index (χ1n) is 8.06. The zero-order valence-electron chi connectivity index (χ0n) is 14.3. The van der Waals surface area contributed by atoms with Crippen LogP contribution in [0.25, 0.3) is 0 Å². The molecule has 0 unspecified atom stereocenters. The smallest absolute Gasteiger partial charge is 0.251 e. The van der Waals surface area contributed by atoms with E-state index in [1.54, 1.807) is 43.3 Å². The predicted octanol–water partition coefficient (Wildman–Crippen LogP) is 3.16. The lowest BCUT2D eigenvalue weighted by atomic mass is 10.1. The summed E-state index contributed by atoms with van der Waals surface area (Å²) in [7, 11) is 0. The van der Waals surface area contributed by atoms with Crippen molar-refractivity contribution in [2.75, 3.05) is 18.5 Å². The molecular weight excluding hydrogens is 323 g/mol. The van der Waals surface area contributed by atoms with E-state index in [1.165, 1.54) is 13.0 Å². The van der Waals surface area contributed by atoms with Crippen molar-refractivity contribution in [2.45, 2.75) is 20.3 Å². The molecule has 5 nitrogen and oxygen atoms in total. The number of hydrogen-bond donors (Lipinski definition) is 2. The van der Waals surface area contributed by atoms with Gasteiger partial charge in [-0.25, -0.2) is 4.39 Å². The van der Waals surface area contributed by atoms with Crippen LogP contribution in [0.4, 0.5) is 10.1 Å². The zero-order valence-corrected chi connectivity index (χ0v) is 14.3. The second-order valence-electron chi connectivity index (χ2n) is 5.46. The molecule has 0 aliphatic heterocycles. The number of nitrogens with one attached hydrogen (secondary N) is 2. The van der Waals surface area contributed by atoms with Gasteiger partial charge in [0.2, 0.25) is 5.91 Å². The number of amides is 2. The summed E-state index contributed by atoms with van der Waals surface area (Å²) < 4.78 is 18.9. The molecule has 2 aromatic carbocycles. The third-order valence-corrected chi connectivity index (χ3v) is 3.46. The van der Waals surface area contributed by atoms with E-state index in [2.05, 4.69) is 10.6 Å². The number of rotatable bonds is 7. The molecule has 0 saturated carbocycles. The minimum Gasteiger partial charge on any atom is -0.491 e. The first-order valence-corrected chi connectivity index (χ1v) is 8.06. The summed E-state index contributed by atoms with van der Waals surface area (Å²) in [6.07, 6.45) is 0.513. The van der Waals surface area contributed by atoms with Gasteiger partial charge in [-0.15, -0.1) is 0 Å². The number of carbonyl (C=O) groups excluding carboxylic acids is 2. The van der Waals surface area contributed by atoms with Gasteiger partial charge in [0, 0.05) is 24.7 Å². The van der Waals surface area contributed by atoms with Gasteiger partial charge in [-0.05, 0) is 55.3 Å². The molecule has 2 rings (SSSR count). The van der Waals surface area contributed by atoms with Crippen molar-refractivity contribution in [3.05, 3.63) is 59.4 Å². The summed E-state index contributed by atoms with van der Waals surface area (Å²) in [5.41, 5.74) is 1.91. The third kappa shape index (κ3) is 5.60. The van der Waals surface area contributed by atoms with Crippen LogP contribution in [0.15, 0.2) is 42.5 Å². The monoisotopic (exact) mass is 344 g/mol. The van der Waals surface area contributed by atoms with Gasteiger partial charge in [0.25, 0.3) is 5.91 Å². The molecule has 0 aliphatic carbocycles. The minimum atomic E-state index is -0.403. The van der Waals surface area contributed by atoms with Crippen LogP contribution < -0.4 is 15.4 Å². The topological polar surface area (TPSA) is 67.4 Å². The molecule has 0 saturated heterocycles. The minimum absolute atomic E-state index is 0.167. The molecule has 2 amide bonds. The second kappa shape index (κ2) is 8.82. The van der Waals surface area contributed by atoms with Crippen LogP contribution in [-0.4, -0.2) is 25.0 Å². The Morgan fingerprint density at radius 2 is 1.84 bits per heavy atom. The van der Waals surface area contributed by atoms with E-state index in [1.807, 2.05) is 0 Å². The standard InChI is InChI=1S/C19H21FN2O3/c1-3-25-18-9-4-14(12-17(18)20)10-11-21-19(24)15-5-7-16(8-6-15)22-13(2)23/h4-9,12H,3,10-11H2,1-2H3,(H,21,24)(H,22,23). The fraction of sp³-hybridized carbons (Fsp3) is 0.263. The number of benzene rings is 2. The van der Waals surface area contributed by atoms with Crippen molar-refractivity contribution in [1.29, 1.82) is 0 Å². The summed E-state index contributed by atoms with van der Waals surface area (Å²) in [4.78, 5) is 23.0. The fourth-order valence-electron chi connectivity index (χ4n) is 2.30. The van der Waals surface area contributed by atoms with Gasteiger partial charge >= 0.3 is 0 Å². The highest BCUT2D eigenvalue weighted by Crippen LogP contribution is 2.18. The molecule has 2 N–H and O–H groups in total. The van der Waals surface area contributed by atoms with Crippen molar-refractivity contribution in [3.8, 4) is 5.75 Å². The van der Waals surface area contributed by atoms with Crippen LogP contribution in [0, 0.1) is 5.82 Å². The van der Waals surface area contributed by atoms with Gasteiger partial charge in [0.15, 0.2) is 11.6 Å². The van der Waals surface area contributed by atoms with E-state index >= 15 is 0 Å². The summed E-state index contributed by atoms with van der Waals surface area (Å²) in [5.74, 6) is -0.561. The first-order chi connectivity index (χ1) is 12.0. The number of hydrogen-bond acceptors (Lipinski definition) is 3. The van der Waals surface area contributed by atoms with E-state index in [0.29, 0.717) is 30.8 Å². The second-order valence-corrected chi connectivity index (χ2v) is 5.46. The molecule has 0 spiro atoms. The summed E-state index contributed by atoms with van der Waals surface area (Å²) >= 11 is 0. The van der Waals surface area contributed by atoms with Crippen molar-refractivity contribution < 1.29 is 18.7 Å². The molecule has 132 valence electrons. The molecule has 0 heterocycles. The number of carbonyl (C=O) groups is 2. The molecule has 0 fully saturated rings. The van der Waals surface area contributed by atoms with Gasteiger partial charge < -0.3 is 15.4 Å². The molecule has 6 heteroatoms. The van der Waals surface area contributed by atoms with E-state index < -0.39 is 5.82 Å². The molecule has 2 aromatic rings. The Morgan fingerprint density at radius 1 is 1.12 bits per heavy atom. The van der Waals surface area contributed by atoms with Crippen molar-refractivity contribution in [2.24, 2.45) is 0 Å². The molecular formula is C19H21FN2O3. The highest BCUT2D eigenvalue weighted by atomic mass is 19.1. The SMILES string of the molecule is CCOc1ccc(CCNC(=O)c2ccc(NC(C)=O)cc2)cc1F. The number of ether oxygens (including phenoxy) is 1.